The number of esters is 1. The van der Waals surface area contributed by atoms with Gasteiger partial charge in [0, 0.05) is 11.5 Å². The van der Waals surface area contributed by atoms with Crippen LogP contribution in [0.5, 0.6) is 17.2 Å². The molecule has 0 radical (unpaired) electrons. The molecule has 0 aliphatic heterocycles. The summed E-state index contributed by atoms with van der Waals surface area (Å²) in [5.74, 6) is -0.378. The molecule has 0 saturated carbocycles. The summed E-state index contributed by atoms with van der Waals surface area (Å²) >= 11 is 0. The Morgan fingerprint density at radius 3 is 2.42 bits per heavy atom. The number of rotatable bonds is 5. The van der Waals surface area contributed by atoms with Crippen LogP contribution >= 0.6 is 0 Å². The molecule has 1 heterocycles. The van der Waals surface area contributed by atoms with Crippen LogP contribution in [-0.2, 0) is 0 Å². The highest BCUT2D eigenvalue weighted by atomic mass is 19.1. The van der Waals surface area contributed by atoms with Gasteiger partial charge in [-0.1, -0.05) is 18.2 Å². The monoisotopic (exact) mass is 420 g/mol. The first-order valence-corrected chi connectivity index (χ1v) is 9.27. The van der Waals surface area contributed by atoms with E-state index in [1.807, 2.05) is 0 Å². The first kappa shape index (κ1) is 20.2. The van der Waals surface area contributed by atoms with Crippen molar-refractivity contribution >= 4 is 16.9 Å². The predicted octanol–water partition coefficient (Wildman–Crippen LogP) is 4.84. The summed E-state index contributed by atoms with van der Waals surface area (Å²) in [6.45, 7) is 0. The number of carbonyl (C=O) groups is 1. The standard InChI is InChI=1S/C24H17FO6/c1-28-20-10-8-14(12-22(20)29-2)18-11-15-7-9-16(13-21(15)31-24(18)27)30-23(26)17-5-3-4-6-19(17)25/h3-13H,1-2H3. The van der Waals surface area contributed by atoms with Crippen molar-refractivity contribution in [3.05, 3.63) is 88.5 Å². The Labute approximate surface area is 176 Å². The van der Waals surface area contributed by atoms with Gasteiger partial charge in [-0.15, -0.1) is 0 Å². The number of ether oxygens (including phenoxy) is 3. The lowest BCUT2D eigenvalue weighted by molar-refractivity contribution is 0.0730. The van der Waals surface area contributed by atoms with E-state index in [9.17, 15) is 14.0 Å². The van der Waals surface area contributed by atoms with Crippen molar-refractivity contribution in [3.63, 3.8) is 0 Å². The third-order valence-electron chi connectivity index (χ3n) is 4.71. The molecule has 31 heavy (non-hydrogen) atoms. The molecular weight excluding hydrogens is 403 g/mol. The van der Waals surface area contributed by atoms with Crippen molar-refractivity contribution in [2.24, 2.45) is 0 Å². The van der Waals surface area contributed by atoms with Crippen molar-refractivity contribution < 1.29 is 27.8 Å². The third kappa shape index (κ3) is 3.98. The van der Waals surface area contributed by atoms with E-state index in [1.54, 1.807) is 36.4 Å². The lowest BCUT2D eigenvalue weighted by atomic mass is 10.1. The topological polar surface area (TPSA) is 75.0 Å². The normalized spacial score (nSPS) is 10.7. The molecule has 156 valence electrons. The quantitative estimate of drug-likeness (QED) is 0.261. The summed E-state index contributed by atoms with van der Waals surface area (Å²) in [5, 5.41) is 0.620. The molecule has 0 saturated heterocycles. The second-order valence-corrected chi connectivity index (χ2v) is 6.59. The average Bonchev–Trinajstić information content (AvgIpc) is 2.78. The molecule has 3 aromatic carbocycles. The summed E-state index contributed by atoms with van der Waals surface area (Å²) in [4.78, 5) is 24.8. The van der Waals surface area contributed by atoms with Crippen molar-refractivity contribution in [2.45, 2.75) is 0 Å². The Balaban J connectivity index is 1.68. The number of carbonyl (C=O) groups excluding carboxylic acids is 1. The van der Waals surface area contributed by atoms with Gasteiger partial charge in [-0.2, -0.15) is 0 Å². The highest BCUT2D eigenvalue weighted by molar-refractivity contribution is 5.92. The maximum absolute atomic E-state index is 13.8. The molecule has 0 aliphatic carbocycles. The molecule has 0 amide bonds. The zero-order valence-electron chi connectivity index (χ0n) is 16.7. The van der Waals surface area contributed by atoms with Crippen molar-refractivity contribution in [1.29, 1.82) is 0 Å². The smallest absolute Gasteiger partial charge is 0.346 e. The molecule has 0 unspecified atom stereocenters. The van der Waals surface area contributed by atoms with Crippen LogP contribution in [0, 0.1) is 5.82 Å². The SMILES string of the molecule is COc1ccc(-c2cc3ccc(OC(=O)c4ccccc4F)cc3oc2=O)cc1OC. The van der Waals surface area contributed by atoms with Crippen LogP contribution in [0.25, 0.3) is 22.1 Å². The maximum Gasteiger partial charge on any atom is 0.346 e. The summed E-state index contributed by atoms with van der Waals surface area (Å²) in [5.41, 5.74) is 0.408. The van der Waals surface area contributed by atoms with Crippen LogP contribution in [0.3, 0.4) is 0 Å². The highest BCUT2D eigenvalue weighted by Crippen LogP contribution is 2.32. The molecule has 0 N–H and O–H groups in total. The highest BCUT2D eigenvalue weighted by Gasteiger charge is 2.15. The maximum atomic E-state index is 13.8. The summed E-state index contributed by atoms with van der Waals surface area (Å²) in [6.07, 6.45) is 0. The van der Waals surface area contributed by atoms with E-state index in [-0.39, 0.29) is 16.9 Å². The first-order valence-electron chi connectivity index (χ1n) is 9.27. The molecule has 0 fully saturated rings. The third-order valence-corrected chi connectivity index (χ3v) is 4.71. The van der Waals surface area contributed by atoms with Crippen LogP contribution in [0.2, 0.25) is 0 Å². The molecular formula is C24H17FO6. The Morgan fingerprint density at radius 2 is 1.68 bits per heavy atom. The zero-order chi connectivity index (χ0) is 22.0. The first-order chi connectivity index (χ1) is 15.0. The number of benzene rings is 3. The van der Waals surface area contributed by atoms with E-state index < -0.39 is 17.4 Å². The lowest BCUT2D eigenvalue weighted by Gasteiger charge is -2.10. The largest absolute Gasteiger partial charge is 0.493 e. The van der Waals surface area contributed by atoms with Gasteiger partial charge in [-0.3, -0.25) is 0 Å². The van der Waals surface area contributed by atoms with Gasteiger partial charge < -0.3 is 18.6 Å². The summed E-state index contributed by atoms with van der Waals surface area (Å²) in [6, 6.07) is 16.9. The van der Waals surface area contributed by atoms with E-state index in [4.69, 9.17) is 18.6 Å². The van der Waals surface area contributed by atoms with Crippen LogP contribution in [-0.4, -0.2) is 20.2 Å². The second-order valence-electron chi connectivity index (χ2n) is 6.59. The summed E-state index contributed by atoms with van der Waals surface area (Å²) in [7, 11) is 3.03. The number of hydrogen-bond acceptors (Lipinski definition) is 6. The number of fused-ring (bicyclic) bond motifs is 1. The number of halogens is 1. The molecule has 4 aromatic rings. The number of hydrogen-bond donors (Lipinski definition) is 0. The van der Waals surface area contributed by atoms with Gasteiger partial charge in [0.15, 0.2) is 11.5 Å². The van der Waals surface area contributed by atoms with Gasteiger partial charge in [0.25, 0.3) is 0 Å². The fraction of sp³-hybridized carbons (Fsp3) is 0.0833. The van der Waals surface area contributed by atoms with E-state index in [2.05, 4.69) is 0 Å². The van der Waals surface area contributed by atoms with Gasteiger partial charge in [-0.25, -0.2) is 14.0 Å². The minimum atomic E-state index is -0.846. The Bertz CT molecular complexity index is 1340. The second kappa shape index (κ2) is 8.31. The molecule has 6 nitrogen and oxygen atoms in total. The van der Waals surface area contributed by atoms with Gasteiger partial charge in [-0.05, 0) is 48.0 Å². The molecule has 0 aliphatic rings. The number of methoxy groups -OCH3 is 2. The van der Waals surface area contributed by atoms with Crippen molar-refractivity contribution in [2.75, 3.05) is 14.2 Å². The zero-order valence-corrected chi connectivity index (χ0v) is 16.7. The molecule has 1 aromatic heterocycles. The summed E-state index contributed by atoms with van der Waals surface area (Å²) < 4.78 is 35.0. The average molecular weight is 420 g/mol. The Hall–Kier alpha value is -4.13. The van der Waals surface area contributed by atoms with E-state index in [1.165, 1.54) is 44.6 Å². The predicted molar refractivity (Wildman–Crippen MR) is 112 cm³/mol. The van der Waals surface area contributed by atoms with E-state index >= 15 is 0 Å². The van der Waals surface area contributed by atoms with Gasteiger partial charge >= 0.3 is 11.6 Å². The molecule has 4 rings (SSSR count). The van der Waals surface area contributed by atoms with Crippen molar-refractivity contribution in [1.82, 2.24) is 0 Å². The molecule has 0 spiro atoms. The van der Waals surface area contributed by atoms with Gasteiger partial charge in [0.1, 0.15) is 17.1 Å². The molecule has 7 heteroatoms. The van der Waals surface area contributed by atoms with E-state index in [0.717, 1.165) is 0 Å². The fourth-order valence-electron chi connectivity index (χ4n) is 3.15. The van der Waals surface area contributed by atoms with Crippen molar-refractivity contribution in [3.8, 4) is 28.4 Å². The fourth-order valence-corrected chi connectivity index (χ4v) is 3.15. The van der Waals surface area contributed by atoms with Crippen LogP contribution in [0.4, 0.5) is 4.39 Å². The van der Waals surface area contributed by atoms with E-state index in [0.29, 0.717) is 28.0 Å². The van der Waals surface area contributed by atoms with Gasteiger partial charge in [0.2, 0.25) is 0 Å². The minimum Gasteiger partial charge on any atom is -0.493 e. The Morgan fingerprint density at radius 1 is 0.903 bits per heavy atom. The van der Waals surface area contributed by atoms with Crippen LogP contribution in [0.15, 0.2) is 75.9 Å². The molecule has 0 atom stereocenters. The minimum absolute atomic E-state index is 0.128. The molecule has 0 bridgehead atoms. The Kier molecular flexibility index (Phi) is 5.41. The lowest BCUT2D eigenvalue weighted by Crippen LogP contribution is -2.10. The van der Waals surface area contributed by atoms with Crippen LogP contribution < -0.4 is 19.8 Å². The van der Waals surface area contributed by atoms with Crippen LogP contribution in [0.1, 0.15) is 10.4 Å². The van der Waals surface area contributed by atoms with Gasteiger partial charge in [0.05, 0.1) is 25.3 Å².